The van der Waals surface area contributed by atoms with Crippen LogP contribution < -0.4 is 11.1 Å². The van der Waals surface area contributed by atoms with Gasteiger partial charge in [-0.25, -0.2) is 4.39 Å². The minimum atomic E-state index is -0.280. The fourth-order valence-corrected chi connectivity index (χ4v) is 1.40. The van der Waals surface area contributed by atoms with Crippen LogP contribution in [0.2, 0.25) is 0 Å². The Balaban J connectivity index is 2.20. The zero-order chi connectivity index (χ0) is 12.7. The monoisotopic (exact) mass is 240 g/mol. The molecule has 0 heterocycles. The van der Waals surface area contributed by atoms with E-state index >= 15 is 0 Å². The van der Waals surface area contributed by atoms with E-state index in [1.165, 1.54) is 12.1 Å². The van der Waals surface area contributed by atoms with Gasteiger partial charge in [-0.1, -0.05) is 13.8 Å². The predicted molar refractivity (Wildman–Crippen MR) is 69.6 cm³/mol. The molecule has 0 bridgehead atoms. The van der Waals surface area contributed by atoms with Crippen molar-refractivity contribution in [1.82, 2.24) is 0 Å². The van der Waals surface area contributed by atoms with Gasteiger partial charge in [0.05, 0.1) is 11.4 Å². The van der Waals surface area contributed by atoms with Crippen molar-refractivity contribution in [1.29, 1.82) is 0 Å². The van der Waals surface area contributed by atoms with Gasteiger partial charge >= 0.3 is 0 Å². The smallest absolute Gasteiger partial charge is 0.125 e. The number of hydrogen-bond donors (Lipinski definition) is 2. The predicted octanol–water partition coefficient (Wildman–Crippen LogP) is 2.88. The number of nitrogens with two attached hydrogens (primary N) is 1. The van der Waals surface area contributed by atoms with Gasteiger partial charge in [0.15, 0.2) is 0 Å². The van der Waals surface area contributed by atoms with Gasteiger partial charge in [-0.2, -0.15) is 0 Å². The van der Waals surface area contributed by atoms with E-state index in [-0.39, 0.29) is 5.82 Å². The molecule has 1 aromatic carbocycles. The van der Waals surface area contributed by atoms with Crippen molar-refractivity contribution in [3.63, 3.8) is 0 Å². The van der Waals surface area contributed by atoms with Crippen molar-refractivity contribution in [3.8, 4) is 0 Å². The standard InChI is InChI=1S/C13H21FN2O/c1-10(2)9-17-7-3-6-16-13-8-11(14)4-5-12(13)15/h4-5,8,10,16H,3,6-7,9,15H2,1-2H3. The second-order valence-electron chi connectivity index (χ2n) is 4.48. The SMILES string of the molecule is CC(C)COCCCNc1cc(F)ccc1N. The van der Waals surface area contributed by atoms with Crippen molar-refractivity contribution in [3.05, 3.63) is 24.0 Å². The lowest BCUT2D eigenvalue weighted by Gasteiger charge is -2.10. The molecular formula is C13H21FN2O. The Morgan fingerprint density at radius 3 is 2.88 bits per heavy atom. The third-order valence-electron chi connectivity index (χ3n) is 2.25. The molecule has 0 aliphatic heterocycles. The normalized spacial score (nSPS) is 10.8. The van der Waals surface area contributed by atoms with E-state index in [1.54, 1.807) is 6.07 Å². The van der Waals surface area contributed by atoms with Crippen molar-refractivity contribution < 1.29 is 9.13 Å². The minimum absolute atomic E-state index is 0.280. The van der Waals surface area contributed by atoms with Crippen LogP contribution in [0.25, 0.3) is 0 Å². The fraction of sp³-hybridized carbons (Fsp3) is 0.538. The van der Waals surface area contributed by atoms with E-state index < -0.39 is 0 Å². The van der Waals surface area contributed by atoms with Crippen LogP contribution in [0.3, 0.4) is 0 Å². The van der Waals surface area contributed by atoms with E-state index in [0.717, 1.165) is 19.6 Å². The van der Waals surface area contributed by atoms with Crippen LogP contribution in [0.15, 0.2) is 18.2 Å². The quantitative estimate of drug-likeness (QED) is 0.569. The van der Waals surface area contributed by atoms with Gasteiger partial charge in [0.2, 0.25) is 0 Å². The van der Waals surface area contributed by atoms with Crippen molar-refractivity contribution in [2.24, 2.45) is 5.92 Å². The van der Waals surface area contributed by atoms with E-state index in [4.69, 9.17) is 10.5 Å². The van der Waals surface area contributed by atoms with Crippen molar-refractivity contribution in [2.75, 3.05) is 30.8 Å². The molecule has 0 amide bonds. The maximum atomic E-state index is 12.9. The van der Waals surface area contributed by atoms with E-state index in [1.807, 2.05) is 0 Å². The van der Waals surface area contributed by atoms with Gasteiger partial charge < -0.3 is 15.8 Å². The van der Waals surface area contributed by atoms with Gasteiger partial charge in [-0.05, 0) is 30.5 Å². The molecule has 17 heavy (non-hydrogen) atoms. The highest BCUT2D eigenvalue weighted by Gasteiger charge is 2.00. The highest BCUT2D eigenvalue weighted by atomic mass is 19.1. The second-order valence-corrected chi connectivity index (χ2v) is 4.48. The molecule has 1 rings (SSSR count). The number of nitrogen functional groups attached to an aromatic ring is 1. The molecule has 3 N–H and O–H groups in total. The maximum Gasteiger partial charge on any atom is 0.125 e. The summed E-state index contributed by atoms with van der Waals surface area (Å²) in [6, 6.07) is 4.32. The molecule has 0 aromatic heterocycles. The third-order valence-corrected chi connectivity index (χ3v) is 2.25. The minimum Gasteiger partial charge on any atom is -0.397 e. The van der Waals surface area contributed by atoms with Crippen LogP contribution in [0.1, 0.15) is 20.3 Å². The van der Waals surface area contributed by atoms with Gasteiger partial charge in [0, 0.05) is 19.8 Å². The summed E-state index contributed by atoms with van der Waals surface area (Å²) < 4.78 is 18.4. The Morgan fingerprint density at radius 1 is 1.41 bits per heavy atom. The highest BCUT2D eigenvalue weighted by Crippen LogP contribution is 2.18. The molecule has 0 aliphatic carbocycles. The molecule has 1 aromatic rings. The molecule has 0 saturated carbocycles. The summed E-state index contributed by atoms with van der Waals surface area (Å²) in [4.78, 5) is 0. The first-order valence-corrected chi connectivity index (χ1v) is 5.96. The number of nitrogens with one attached hydrogen (secondary N) is 1. The van der Waals surface area contributed by atoms with Crippen LogP contribution in [0.4, 0.5) is 15.8 Å². The number of benzene rings is 1. The average molecular weight is 240 g/mol. The first kappa shape index (κ1) is 13.8. The molecule has 0 saturated heterocycles. The van der Waals surface area contributed by atoms with Crippen LogP contribution in [-0.4, -0.2) is 19.8 Å². The summed E-state index contributed by atoms with van der Waals surface area (Å²) in [5, 5.41) is 3.10. The maximum absolute atomic E-state index is 12.9. The molecular weight excluding hydrogens is 219 g/mol. The molecule has 0 aliphatic rings. The van der Waals surface area contributed by atoms with Gasteiger partial charge in [0.25, 0.3) is 0 Å². The van der Waals surface area contributed by atoms with Gasteiger partial charge in [-0.15, -0.1) is 0 Å². The van der Waals surface area contributed by atoms with Crippen LogP contribution in [0.5, 0.6) is 0 Å². The highest BCUT2D eigenvalue weighted by molar-refractivity contribution is 5.65. The number of ether oxygens (including phenoxy) is 1. The summed E-state index contributed by atoms with van der Waals surface area (Å²) in [6.45, 7) is 6.45. The third kappa shape index (κ3) is 5.54. The fourth-order valence-electron chi connectivity index (χ4n) is 1.40. The zero-order valence-electron chi connectivity index (χ0n) is 10.5. The summed E-state index contributed by atoms with van der Waals surface area (Å²) in [6.07, 6.45) is 0.878. The van der Waals surface area contributed by atoms with Crippen LogP contribution >= 0.6 is 0 Å². The Hall–Kier alpha value is -1.29. The summed E-state index contributed by atoms with van der Waals surface area (Å²) in [5.74, 6) is 0.277. The number of anilines is 2. The molecule has 0 atom stereocenters. The topological polar surface area (TPSA) is 47.3 Å². The van der Waals surface area contributed by atoms with E-state index in [0.29, 0.717) is 23.9 Å². The molecule has 0 spiro atoms. The Morgan fingerprint density at radius 2 is 2.18 bits per heavy atom. The van der Waals surface area contributed by atoms with Gasteiger partial charge in [0.1, 0.15) is 5.82 Å². The Labute approximate surface area is 102 Å². The van der Waals surface area contributed by atoms with Crippen molar-refractivity contribution >= 4 is 11.4 Å². The molecule has 0 unspecified atom stereocenters. The van der Waals surface area contributed by atoms with E-state index in [9.17, 15) is 4.39 Å². The average Bonchev–Trinajstić information content (AvgIpc) is 2.27. The van der Waals surface area contributed by atoms with E-state index in [2.05, 4.69) is 19.2 Å². The second kappa shape index (κ2) is 7.12. The lowest BCUT2D eigenvalue weighted by molar-refractivity contribution is 0.110. The summed E-state index contributed by atoms with van der Waals surface area (Å²) >= 11 is 0. The summed E-state index contributed by atoms with van der Waals surface area (Å²) in [7, 11) is 0. The molecule has 0 fully saturated rings. The number of rotatable bonds is 7. The lowest BCUT2D eigenvalue weighted by atomic mass is 10.2. The van der Waals surface area contributed by atoms with Crippen LogP contribution in [0, 0.1) is 11.7 Å². The first-order chi connectivity index (χ1) is 8.09. The van der Waals surface area contributed by atoms with Crippen LogP contribution in [-0.2, 0) is 4.74 Å². The largest absolute Gasteiger partial charge is 0.397 e. The number of hydrogen-bond acceptors (Lipinski definition) is 3. The lowest BCUT2D eigenvalue weighted by Crippen LogP contribution is -2.09. The molecule has 4 heteroatoms. The molecule has 96 valence electrons. The summed E-state index contributed by atoms with van der Waals surface area (Å²) in [5.41, 5.74) is 6.92. The zero-order valence-corrected chi connectivity index (χ0v) is 10.5. The number of halogens is 1. The van der Waals surface area contributed by atoms with Gasteiger partial charge in [-0.3, -0.25) is 0 Å². The Kier molecular flexibility index (Phi) is 5.77. The van der Waals surface area contributed by atoms with Crippen molar-refractivity contribution in [2.45, 2.75) is 20.3 Å². The molecule has 0 radical (unpaired) electrons. The Bertz CT molecular complexity index is 342. The molecule has 3 nitrogen and oxygen atoms in total. The first-order valence-electron chi connectivity index (χ1n) is 5.96.